The highest BCUT2D eigenvalue weighted by atomic mass is 16.6. The van der Waals surface area contributed by atoms with Gasteiger partial charge >= 0.3 is 29.8 Å². The molecule has 0 aromatic heterocycles. The molecule has 0 unspecified atom stereocenters. The van der Waals surface area contributed by atoms with Gasteiger partial charge in [-0.1, -0.05) is 43.9 Å². The summed E-state index contributed by atoms with van der Waals surface area (Å²) in [4.78, 5) is 92.3. The molecule has 0 spiro atoms. The van der Waals surface area contributed by atoms with Crippen LogP contribution in [0.1, 0.15) is 78.6 Å². The van der Waals surface area contributed by atoms with E-state index in [0.29, 0.717) is 0 Å². The molecule has 0 saturated heterocycles. The number of ketones is 2. The Morgan fingerprint density at radius 1 is 0.809 bits per heavy atom. The lowest BCUT2D eigenvalue weighted by atomic mass is 9.73. The minimum atomic E-state index is -2.27. The smallest absolute Gasteiger partial charge is 0.338 e. The molecular weight excluding hydrogens is 612 g/mol. The molecule has 0 bridgehead atoms. The van der Waals surface area contributed by atoms with E-state index in [9.17, 15) is 33.6 Å². The van der Waals surface area contributed by atoms with Crippen LogP contribution in [0.25, 0.3) is 0 Å². The zero-order valence-electron chi connectivity index (χ0n) is 27.9. The van der Waals surface area contributed by atoms with Crippen LogP contribution in [0.2, 0.25) is 0 Å². The van der Waals surface area contributed by atoms with Crippen LogP contribution < -0.4 is 0 Å². The Morgan fingerprint density at radius 3 is 1.91 bits per heavy atom. The summed E-state index contributed by atoms with van der Waals surface area (Å²) in [5.41, 5.74) is -5.31. The number of hydrogen-bond acceptors (Lipinski definition) is 12. The van der Waals surface area contributed by atoms with Crippen molar-refractivity contribution in [2.24, 2.45) is 17.3 Å². The van der Waals surface area contributed by atoms with Gasteiger partial charge in [-0.3, -0.25) is 28.8 Å². The molecule has 0 aliphatic heterocycles. The molecule has 12 nitrogen and oxygen atoms in total. The van der Waals surface area contributed by atoms with Crippen LogP contribution in [-0.2, 0) is 52.5 Å². The molecule has 0 N–H and O–H groups in total. The normalized spacial score (nSPS) is 31.2. The van der Waals surface area contributed by atoms with Gasteiger partial charge in [0, 0.05) is 57.4 Å². The Labute approximate surface area is 273 Å². The van der Waals surface area contributed by atoms with Crippen molar-refractivity contribution in [1.29, 1.82) is 0 Å². The molecule has 1 fully saturated rings. The maximum atomic E-state index is 14.7. The average molecular weight is 655 g/mol. The van der Waals surface area contributed by atoms with Crippen molar-refractivity contribution in [3.05, 3.63) is 60.2 Å². The number of hydrogen-bond donors (Lipinski definition) is 0. The molecule has 0 heterocycles. The van der Waals surface area contributed by atoms with E-state index in [1.807, 2.05) is 0 Å². The minimum Gasteiger partial charge on any atom is -0.458 e. The molecule has 3 rings (SSSR count). The van der Waals surface area contributed by atoms with Gasteiger partial charge in [0.25, 0.3) is 0 Å². The first-order valence-electron chi connectivity index (χ1n) is 15.2. The summed E-state index contributed by atoms with van der Waals surface area (Å²) in [6, 6.07) is 7.91. The maximum Gasteiger partial charge on any atom is 0.338 e. The lowest BCUT2D eigenvalue weighted by Crippen LogP contribution is -2.57. The molecule has 1 aromatic carbocycles. The first-order chi connectivity index (χ1) is 21.7. The number of fused-ring (bicyclic) bond motifs is 1. The zero-order valence-corrected chi connectivity index (χ0v) is 27.9. The summed E-state index contributed by atoms with van der Waals surface area (Å²) in [5, 5.41) is 0. The summed E-state index contributed by atoms with van der Waals surface area (Å²) in [6.45, 7) is 14.6. The number of esters is 5. The van der Waals surface area contributed by atoms with Gasteiger partial charge < -0.3 is 23.7 Å². The lowest BCUT2D eigenvalue weighted by Gasteiger charge is -2.41. The number of carbonyl (C=O) groups excluding carboxylic acids is 7. The van der Waals surface area contributed by atoms with E-state index in [4.69, 9.17) is 23.7 Å². The van der Waals surface area contributed by atoms with Gasteiger partial charge in [-0.25, -0.2) is 4.79 Å². The monoisotopic (exact) mass is 654 g/mol. The number of allylic oxidation sites excluding steroid dienone is 2. The van der Waals surface area contributed by atoms with Gasteiger partial charge in [0.15, 0.2) is 23.1 Å². The highest BCUT2D eigenvalue weighted by molar-refractivity contribution is 5.95. The van der Waals surface area contributed by atoms with Crippen molar-refractivity contribution in [2.45, 2.75) is 97.7 Å². The highest BCUT2D eigenvalue weighted by Gasteiger charge is 2.71. The molecule has 47 heavy (non-hydrogen) atoms. The van der Waals surface area contributed by atoms with Crippen molar-refractivity contribution in [1.82, 2.24) is 0 Å². The van der Waals surface area contributed by atoms with Crippen LogP contribution in [0.5, 0.6) is 0 Å². The average Bonchev–Trinajstić information content (AvgIpc) is 3.19. The summed E-state index contributed by atoms with van der Waals surface area (Å²) in [7, 11) is 0. The summed E-state index contributed by atoms with van der Waals surface area (Å²) in [5.74, 6) is -8.00. The molecular formula is C35H42O12. The standard InChI is InChI=1S/C35H42O12/c1-19-15-16-33(7,8)27(40)17-26(43-21(3)36)20(2)29(44-22(4)37)28-31(45-23(5)38)34(9,18-35(28,30(19)41)46-24(6)39)47-32(42)25-13-11-10-12-14-25/h10-16,19,26,28-29,31H,2,17-18H2,1,3-9H3/b16-15+/t19-,26-,28+,29+,31-,34-,35-/m1/s1. The molecule has 254 valence electrons. The van der Waals surface area contributed by atoms with Crippen LogP contribution in [0.15, 0.2) is 54.6 Å². The number of Topliss-reactive ketones (excluding diaryl/α,β-unsaturated/α-hetero) is 2. The summed E-state index contributed by atoms with van der Waals surface area (Å²) >= 11 is 0. The van der Waals surface area contributed by atoms with Gasteiger partial charge in [-0.2, -0.15) is 0 Å². The van der Waals surface area contributed by atoms with Crippen LogP contribution in [0, 0.1) is 17.3 Å². The molecule has 12 heteroatoms. The number of ether oxygens (including phenoxy) is 5. The quantitative estimate of drug-likeness (QED) is 0.246. The van der Waals surface area contributed by atoms with Gasteiger partial charge in [0.2, 0.25) is 0 Å². The molecule has 2 aliphatic carbocycles. The van der Waals surface area contributed by atoms with Crippen LogP contribution in [0.3, 0.4) is 0 Å². The van der Waals surface area contributed by atoms with Crippen LogP contribution >= 0.6 is 0 Å². The second kappa shape index (κ2) is 14.0. The Hall–Kier alpha value is -4.61. The molecule has 0 amide bonds. The largest absolute Gasteiger partial charge is 0.458 e. The van der Waals surface area contributed by atoms with E-state index in [1.165, 1.54) is 38.1 Å². The first-order valence-corrected chi connectivity index (χ1v) is 15.2. The third kappa shape index (κ3) is 8.04. The molecule has 2 aliphatic rings. The fraction of sp³-hybridized carbons (Fsp3) is 0.514. The predicted octanol–water partition coefficient (Wildman–Crippen LogP) is 4.04. The zero-order chi connectivity index (χ0) is 35.5. The Bertz CT molecular complexity index is 1490. The van der Waals surface area contributed by atoms with E-state index < -0.39 is 101 Å². The van der Waals surface area contributed by atoms with E-state index in [1.54, 1.807) is 32.0 Å². The fourth-order valence-electron chi connectivity index (χ4n) is 6.32. The van der Waals surface area contributed by atoms with Crippen molar-refractivity contribution in [3.63, 3.8) is 0 Å². The number of rotatable bonds is 6. The van der Waals surface area contributed by atoms with E-state index in [0.717, 1.165) is 27.7 Å². The third-order valence-electron chi connectivity index (χ3n) is 8.46. The first kappa shape index (κ1) is 36.9. The second-order valence-corrected chi connectivity index (χ2v) is 12.8. The van der Waals surface area contributed by atoms with E-state index >= 15 is 0 Å². The van der Waals surface area contributed by atoms with E-state index in [2.05, 4.69) is 6.58 Å². The van der Waals surface area contributed by atoms with Crippen molar-refractivity contribution in [3.8, 4) is 0 Å². The van der Waals surface area contributed by atoms with Gasteiger partial charge in [-0.05, 0) is 32.9 Å². The van der Waals surface area contributed by atoms with Gasteiger partial charge in [0.1, 0.15) is 18.0 Å². The Morgan fingerprint density at radius 2 is 1.38 bits per heavy atom. The molecule has 0 radical (unpaired) electrons. The highest BCUT2D eigenvalue weighted by Crippen LogP contribution is 2.54. The van der Waals surface area contributed by atoms with E-state index in [-0.39, 0.29) is 11.1 Å². The van der Waals surface area contributed by atoms with Gasteiger partial charge in [-0.15, -0.1) is 0 Å². The summed E-state index contributed by atoms with van der Waals surface area (Å²) in [6.07, 6.45) is -2.58. The lowest BCUT2D eigenvalue weighted by molar-refractivity contribution is -0.186. The maximum absolute atomic E-state index is 14.7. The van der Waals surface area contributed by atoms with Crippen molar-refractivity contribution in [2.75, 3.05) is 0 Å². The van der Waals surface area contributed by atoms with Crippen LogP contribution in [0.4, 0.5) is 0 Å². The fourth-order valence-corrected chi connectivity index (χ4v) is 6.32. The van der Waals surface area contributed by atoms with Crippen molar-refractivity contribution < 1.29 is 57.2 Å². The SMILES string of the molecule is C=C1[C@H](OC(C)=O)CC(=O)C(C)(C)/C=C/[C@@H](C)C(=O)[C@@]2(OC(C)=O)C[C@@](C)(OC(=O)c3ccccc3)[C@H](OC(C)=O)[C@@H]2[C@H]1OC(C)=O. The summed E-state index contributed by atoms with van der Waals surface area (Å²) < 4.78 is 29.0. The van der Waals surface area contributed by atoms with Crippen molar-refractivity contribution >= 4 is 41.4 Å². The molecule has 1 aromatic rings. The number of carbonyl (C=O) groups is 7. The predicted molar refractivity (Wildman–Crippen MR) is 165 cm³/mol. The Kier molecular flexibility index (Phi) is 11.0. The molecule has 1 saturated carbocycles. The molecule has 7 atom stereocenters. The Balaban J connectivity index is 2.44. The third-order valence-corrected chi connectivity index (χ3v) is 8.46. The number of benzene rings is 1. The van der Waals surface area contributed by atoms with Crippen LogP contribution in [-0.4, -0.2) is 70.9 Å². The van der Waals surface area contributed by atoms with Gasteiger partial charge in [0.05, 0.1) is 11.5 Å². The second-order valence-electron chi connectivity index (χ2n) is 12.8. The minimum absolute atomic E-state index is 0.141. The topological polar surface area (TPSA) is 166 Å².